The molecule has 2 nitrogen and oxygen atoms in total. The standard InChI is InChI=1S/C12H11NOP2/c1-3-7-11(8-4-1)14-16-13-15-12-9-5-2-6-10-12/h1-10,16H. The van der Waals surface area contributed by atoms with Crippen LogP contribution < -0.4 is 9.83 Å². The molecule has 0 saturated heterocycles. The van der Waals surface area contributed by atoms with Crippen molar-refractivity contribution >= 4 is 22.6 Å². The lowest BCUT2D eigenvalue weighted by Crippen LogP contribution is -1.85. The predicted molar refractivity (Wildman–Crippen MR) is 70.8 cm³/mol. The van der Waals surface area contributed by atoms with Crippen LogP contribution in [0.3, 0.4) is 0 Å². The minimum absolute atomic E-state index is 0.148. The van der Waals surface area contributed by atoms with E-state index in [9.17, 15) is 0 Å². The Bertz CT molecular complexity index is 445. The summed E-state index contributed by atoms with van der Waals surface area (Å²) in [5.74, 6) is 0.868. The van der Waals surface area contributed by atoms with Gasteiger partial charge in [0.05, 0.1) is 0 Å². The number of hydrogen-bond donors (Lipinski definition) is 0. The SMILES string of the molecule is c1ccc(OPN=Pc2ccccc2)cc1. The maximum atomic E-state index is 5.48. The fraction of sp³-hybridized carbons (Fsp3) is 0. The average molecular weight is 247 g/mol. The van der Waals surface area contributed by atoms with E-state index in [4.69, 9.17) is 4.52 Å². The minimum atomic E-state index is 0.148. The molecule has 4 heteroatoms. The first-order chi connectivity index (χ1) is 7.95. The van der Waals surface area contributed by atoms with Gasteiger partial charge in [-0.3, -0.25) is 0 Å². The van der Waals surface area contributed by atoms with Crippen LogP contribution in [0.25, 0.3) is 0 Å². The van der Waals surface area contributed by atoms with Crippen LogP contribution in [-0.4, -0.2) is 0 Å². The summed E-state index contributed by atoms with van der Waals surface area (Å²) in [6, 6.07) is 19.9. The molecule has 0 radical (unpaired) electrons. The number of hydrogen-bond acceptors (Lipinski definition) is 2. The minimum Gasteiger partial charge on any atom is -0.454 e. The summed E-state index contributed by atoms with van der Waals surface area (Å²) in [5.41, 5.74) is 0. The van der Waals surface area contributed by atoms with E-state index < -0.39 is 0 Å². The zero-order chi connectivity index (χ0) is 11.1. The van der Waals surface area contributed by atoms with Crippen molar-refractivity contribution in [3.8, 4) is 5.75 Å². The molecule has 0 N–H and O–H groups in total. The molecule has 0 aliphatic heterocycles. The molecule has 2 aromatic rings. The van der Waals surface area contributed by atoms with Crippen LogP contribution in [0.15, 0.2) is 65.2 Å². The van der Waals surface area contributed by atoms with Gasteiger partial charge in [0.1, 0.15) is 5.75 Å². The van der Waals surface area contributed by atoms with Gasteiger partial charge in [0.25, 0.3) is 0 Å². The highest BCUT2D eigenvalue weighted by molar-refractivity contribution is 7.46. The van der Waals surface area contributed by atoms with Crippen LogP contribution in [0.4, 0.5) is 0 Å². The highest BCUT2D eigenvalue weighted by Crippen LogP contribution is 2.23. The smallest absolute Gasteiger partial charge is 0.200 e. The van der Waals surface area contributed by atoms with Crippen molar-refractivity contribution in [2.24, 2.45) is 4.52 Å². The van der Waals surface area contributed by atoms with Crippen LogP contribution in [0.2, 0.25) is 0 Å². The third-order valence-electron chi connectivity index (χ3n) is 1.87. The van der Waals surface area contributed by atoms with Crippen molar-refractivity contribution in [2.75, 3.05) is 0 Å². The Hall–Kier alpha value is -1.23. The number of benzene rings is 2. The Labute approximate surface area is 98.5 Å². The quantitative estimate of drug-likeness (QED) is 0.747. The summed E-state index contributed by atoms with van der Waals surface area (Å²) < 4.78 is 9.80. The molecule has 2 rings (SSSR count). The Balaban J connectivity index is 1.83. The fourth-order valence-corrected chi connectivity index (χ4v) is 2.47. The zero-order valence-electron chi connectivity index (χ0n) is 8.58. The molecule has 0 aliphatic carbocycles. The average Bonchev–Trinajstić information content (AvgIpc) is 2.37. The van der Waals surface area contributed by atoms with E-state index in [0.29, 0.717) is 0 Å². The molecule has 0 heterocycles. The lowest BCUT2D eigenvalue weighted by atomic mass is 10.3. The lowest BCUT2D eigenvalue weighted by molar-refractivity contribution is 0.633. The number of para-hydroxylation sites is 1. The molecule has 2 aromatic carbocycles. The van der Waals surface area contributed by atoms with Gasteiger partial charge >= 0.3 is 0 Å². The molecule has 0 amide bonds. The molecule has 0 bridgehead atoms. The van der Waals surface area contributed by atoms with Crippen molar-refractivity contribution in [3.63, 3.8) is 0 Å². The van der Waals surface area contributed by atoms with Gasteiger partial charge in [-0.2, -0.15) is 0 Å². The molecule has 0 saturated carbocycles. The summed E-state index contributed by atoms with van der Waals surface area (Å²) in [7, 11) is 1.11. The van der Waals surface area contributed by atoms with Gasteiger partial charge in [0, 0.05) is 13.7 Å². The molecule has 0 spiro atoms. The van der Waals surface area contributed by atoms with E-state index in [1.165, 1.54) is 5.30 Å². The van der Waals surface area contributed by atoms with Gasteiger partial charge < -0.3 is 4.52 Å². The second-order valence-corrected chi connectivity index (χ2v) is 4.95. The first-order valence-corrected chi connectivity index (χ1v) is 6.58. The third kappa shape index (κ3) is 3.73. The Morgan fingerprint density at radius 1 is 0.875 bits per heavy atom. The summed E-state index contributed by atoms with van der Waals surface area (Å²) in [4.78, 5) is 0. The summed E-state index contributed by atoms with van der Waals surface area (Å²) in [5, 5.41) is 1.19. The van der Waals surface area contributed by atoms with Crippen LogP contribution >= 0.6 is 17.3 Å². The highest BCUT2D eigenvalue weighted by atomic mass is 31.1. The molecule has 1 unspecified atom stereocenters. The van der Waals surface area contributed by atoms with Crippen molar-refractivity contribution < 1.29 is 4.52 Å². The normalized spacial score (nSPS) is 11.2. The topological polar surface area (TPSA) is 21.6 Å². The maximum Gasteiger partial charge on any atom is 0.200 e. The van der Waals surface area contributed by atoms with Gasteiger partial charge in [-0.05, 0) is 24.3 Å². The van der Waals surface area contributed by atoms with E-state index in [-0.39, 0.29) is 8.96 Å². The zero-order valence-corrected chi connectivity index (χ0v) is 10.5. The first-order valence-electron chi connectivity index (χ1n) is 4.88. The Morgan fingerprint density at radius 2 is 1.50 bits per heavy atom. The first kappa shape index (κ1) is 11.3. The predicted octanol–water partition coefficient (Wildman–Crippen LogP) is 4.03. The lowest BCUT2D eigenvalue weighted by Gasteiger charge is -1.99. The third-order valence-corrected chi connectivity index (χ3v) is 3.45. The van der Waals surface area contributed by atoms with Gasteiger partial charge in [0.15, 0.2) is 0 Å². The molecule has 80 valence electrons. The van der Waals surface area contributed by atoms with Crippen molar-refractivity contribution in [1.82, 2.24) is 0 Å². The second kappa shape index (κ2) is 6.37. The summed E-state index contributed by atoms with van der Waals surface area (Å²) in [6.07, 6.45) is 0. The van der Waals surface area contributed by atoms with Gasteiger partial charge in [-0.1, -0.05) is 36.4 Å². The van der Waals surface area contributed by atoms with Gasteiger partial charge in [-0.25, -0.2) is 4.52 Å². The van der Waals surface area contributed by atoms with E-state index in [1.54, 1.807) is 0 Å². The number of nitrogens with zero attached hydrogens (tertiary/aromatic N) is 1. The van der Waals surface area contributed by atoms with Gasteiger partial charge in [-0.15, -0.1) is 0 Å². The van der Waals surface area contributed by atoms with E-state index >= 15 is 0 Å². The van der Waals surface area contributed by atoms with Crippen molar-refractivity contribution in [3.05, 3.63) is 60.7 Å². The fourth-order valence-electron chi connectivity index (χ4n) is 1.13. The van der Waals surface area contributed by atoms with E-state index in [0.717, 1.165) is 14.1 Å². The summed E-state index contributed by atoms with van der Waals surface area (Å²) >= 11 is 0. The molecule has 0 fully saturated rings. The Kier molecular flexibility index (Phi) is 4.49. The van der Waals surface area contributed by atoms with Crippen LogP contribution in [-0.2, 0) is 0 Å². The molecule has 0 aromatic heterocycles. The second-order valence-electron chi connectivity index (χ2n) is 3.04. The van der Waals surface area contributed by atoms with E-state index in [2.05, 4.69) is 16.6 Å². The monoisotopic (exact) mass is 247 g/mol. The van der Waals surface area contributed by atoms with Crippen LogP contribution in [0.1, 0.15) is 0 Å². The molecular weight excluding hydrogens is 236 g/mol. The van der Waals surface area contributed by atoms with Gasteiger partial charge in [0.2, 0.25) is 8.96 Å². The summed E-state index contributed by atoms with van der Waals surface area (Å²) in [6.45, 7) is 0. The number of rotatable bonds is 4. The highest BCUT2D eigenvalue weighted by Gasteiger charge is 1.89. The largest absolute Gasteiger partial charge is 0.454 e. The van der Waals surface area contributed by atoms with Crippen molar-refractivity contribution in [2.45, 2.75) is 0 Å². The van der Waals surface area contributed by atoms with Crippen LogP contribution in [0, 0.1) is 0 Å². The maximum absolute atomic E-state index is 5.48. The molecule has 16 heavy (non-hydrogen) atoms. The Morgan fingerprint density at radius 3 is 2.19 bits per heavy atom. The molecule has 0 aliphatic rings. The van der Waals surface area contributed by atoms with E-state index in [1.807, 2.05) is 48.5 Å². The molecular formula is C12H11NOP2. The molecule has 1 atom stereocenters. The van der Waals surface area contributed by atoms with Crippen molar-refractivity contribution in [1.29, 1.82) is 0 Å². The van der Waals surface area contributed by atoms with Crippen LogP contribution in [0.5, 0.6) is 5.75 Å².